The maximum absolute atomic E-state index is 14.5. The SMILES string of the molecule is CCCC(OC[C@H](O)CN1CCC[C@H]1Cc1ccc(C)c(F)c1)c1cccc(F)c1CCC(=O)O. The van der Waals surface area contributed by atoms with E-state index in [9.17, 15) is 18.7 Å². The number of hydrogen-bond acceptors (Lipinski definition) is 4. The van der Waals surface area contributed by atoms with Crippen LogP contribution < -0.4 is 0 Å². The number of aliphatic hydroxyl groups is 1. The standard InChI is InChI=1S/C28H37F2NO4/c1-3-6-27(24-8-4-9-25(29)23(24)12-13-28(33)34)35-18-22(32)17-31-14-5-7-21(31)15-20-11-10-19(2)26(30)16-20/h4,8-11,16,21-22,27,32H,3,5-7,12-15,17-18H2,1-2H3,(H,33,34)/t21-,22+,27?/m0/s1. The molecule has 1 aliphatic heterocycles. The smallest absolute Gasteiger partial charge is 0.303 e. The largest absolute Gasteiger partial charge is 0.481 e. The highest BCUT2D eigenvalue weighted by Crippen LogP contribution is 2.29. The molecule has 0 spiro atoms. The number of ether oxygens (including phenoxy) is 1. The van der Waals surface area contributed by atoms with E-state index in [4.69, 9.17) is 9.84 Å². The van der Waals surface area contributed by atoms with Gasteiger partial charge in [-0.2, -0.15) is 0 Å². The van der Waals surface area contributed by atoms with E-state index in [2.05, 4.69) is 4.90 Å². The van der Waals surface area contributed by atoms with Gasteiger partial charge in [-0.3, -0.25) is 9.69 Å². The van der Waals surface area contributed by atoms with E-state index >= 15 is 0 Å². The van der Waals surface area contributed by atoms with Gasteiger partial charge in [0.1, 0.15) is 11.6 Å². The molecule has 3 atom stereocenters. The van der Waals surface area contributed by atoms with Crippen LogP contribution in [0.4, 0.5) is 8.78 Å². The third-order valence-electron chi connectivity index (χ3n) is 6.78. The normalized spacial score (nSPS) is 18.0. The summed E-state index contributed by atoms with van der Waals surface area (Å²) >= 11 is 0. The molecule has 2 N–H and O–H groups in total. The molecule has 1 fully saturated rings. The number of carbonyl (C=O) groups is 1. The zero-order chi connectivity index (χ0) is 25.4. The molecule has 35 heavy (non-hydrogen) atoms. The summed E-state index contributed by atoms with van der Waals surface area (Å²) in [6, 6.07) is 10.3. The molecule has 0 amide bonds. The van der Waals surface area contributed by atoms with Gasteiger partial charge in [0.25, 0.3) is 0 Å². The molecule has 2 aromatic rings. The summed E-state index contributed by atoms with van der Waals surface area (Å²) in [7, 11) is 0. The summed E-state index contributed by atoms with van der Waals surface area (Å²) in [5, 5.41) is 19.8. The van der Waals surface area contributed by atoms with E-state index in [1.807, 2.05) is 13.0 Å². The second-order valence-corrected chi connectivity index (χ2v) is 9.54. The van der Waals surface area contributed by atoms with Crippen molar-refractivity contribution in [1.82, 2.24) is 4.90 Å². The van der Waals surface area contributed by atoms with Crippen molar-refractivity contribution in [2.24, 2.45) is 0 Å². The maximum atomic E-state index is 14.5. The highest BCUT2D eigenvalue weighted by molar-refractivity contribution is 5.67. The van der Waals surface area contributed by atoms with Crippen LogP contribution in [0.3, 0.4) is 0 Å². The van der Waals surface area contributed by atoms with Crippen LogP contribution in [-0.4, -0.2) is 52.9 Å². The number of aliphatic carboxylic acids is 1. The van der Waals surface area contributed by atoms with Gasteiger partial charge in [-0.05, 0) is 80.0 Å². The molecule has 1 heterocycles. The lowest BCUT2D eigenvalue weighted by atomic mass is 9.95. The first-order valence-corrected chi connectivity index (χ1v) is 12.6. The number of rotatable bonds is 13. The Labute approximate surface area is 206 Å². The van der Waals surface area contributed by atoms with Crippen LogP contribution >= 0.6 is 0 Å². The number of β-amino-alcohol motifs (C(OH)–C–C–N with tert-alkyl or cyclic N) is 1. The van der Waals surface area contributed by atoms with E-state index < -0.39 is 24.0 Å². The van der Waals surface area contributed by atoms with Crippen molar-refractivity contribution in [2.75, 3.05) is 19.7 Å². The maximum Gasteiger partial charge on any atom is 0.303 e. The Morgan fingerprint density at radius 1 is 1.23 bits per heavy atom. The summed E-state index contributed by atoms with van der Waals surface area (Å²) in [6.07, 6.45) is 3.01. The molecule has 192 valence electrons. The van der Waals surface area contributed by atoms with Gasteiger partial charge in [0, 0.05) is 19.0 Å². The first-order chi connectivity index (χ1) is 16.8. The Balaban J connectivity index is 1.60. The highest BCUT2D eigenvalue weighted by atomic mass is 19.1. The number of benzene rings is 2. The fourth-order valence-electron chi connectivity index (χ4n) is 4.92. The highest BCUT2D eigenvalue weighted by Gasteiger charge is 2.27. The molecule has 3 rings (SSSR count). The number of carboxylic acid groups (broad SMARTS) is 1. The number of aryl methyl sites for hydroxylation is 1. The van der Waals surface area contributed by atoms with E-state index in [1.54, 1.807) is 31.2 Å². The molecule has 7 heteroatoms. The van der Waals surface area contributed by atoms with Crippen LogP contribution in [-0.2, 0) is 22.4 Å². The minimum absolute atomic E-state index is 0.0958. The van der Waals surface area contributed by atoms with Crippen molar-refractivity contribution in [3.8, 4) is 0 Å². The molecular weight excluding hydrogens is 452 g/mol. The number of likely N-dealkylation sites (tertiary alicyclic amines) is 1. The zero-order valence-electron chi connectivity index (χ0n) is 20.7. The topological polar surface area (TPSA) is 70.0 Å². The van der Waals surface area contributed by atoms with Gasteiger partial charge in [0.2, 0.25) is 0 Å². The lowest BCUT2D eigenvalue weighted by Crippen LogP contribution is -2.39. The van der Waals surface area contributed by atoms with Gasteiger partial charge in [-0.15, -0.1) is 0 Å². The number of hydrogen-bond donors (Lipinski definition) is 2. The van der Waals surface area contributed by atoms with E-state index in [1.165, 1.54) is 6.07 Å². The van der Waals surface area contributed by atoms with Crippen molar-refractivity contribution >= 4 is 5.97 Å². The fourth-order valence-corrected chi connectivity index (χ4v) is 4.92. The third kappa shape index (κ3) is 7.82. The summed E-state index contributed by atoms with van der Waals surface area (Å²) in [5.41, 5.74) is 2.61. The predicted molar refractivity (Wildman–Crippen MR) is 131 cm³/mol. The van der Waals surface area contributed by atoms with Crippen molar-refractivity contribution in [3.05, 3.63) is 70.3 Å². The van der Waals surface area contributed by atoms with E-state index in [0.717, 1.165) is 37.8 Å². The minimum atomic E-state index is -0.976. The predicted octanol–water partition coefficient (Wildman–Crippen LogP) is 5.22. The van der Waals surface area contributed by atoms with Crippen LogP contribution in [0.2, 0.25) is 0 Å². The molecule has 0 bridgehead atoms. The molecule has 2 aromatic carbocycles. The molecular formula is C28H37F2NO4. The number of aliphatic hydroxyl groups excluding tert-OH is 1. The van der Waals surface area contributed by atoms with Crippen molar-refractivity contribution in [1.29, 1.82) is 0 Å². The lowest BCUT2D eigenvalue weighted by Gasteiger charge is -2.28. The first kappa shape index (κ1) is 27.2. The monoisotopic (exact) mass is 489 g/mol. The Morgan fingerprint density at radius 2 is 2.03 bits per heavy atom. The third-order valence-corrected chi connectivity index (χ3v) is 6.78. The van der Waals surface area contributed by atoms with Gasteiger partial charge in [-0.1, -0.05) is 37.6 Å². The average molecular weight is 490 g/mol. The van der Waals surface area contributed by atoms with Gasteiger partial charge in [0.15, 0.2) is 0 Å². The Kier molecular flexibility index (Phi) is 10.2. The first-order valence-electron chi connectivity index (χ1n) is 12.6. The molecule has 0 radical (unpaired) electrons. The molecule has 0 aromatic heterocycles. The number of nitrogens with zero attached hydrogens (tertiary/aromatic N) is 1. The van der Waals surface area contributed by atoms with Crippen molar-refractivity contribution in [2.45, 2.75) is 77.0 Å². The minimum Gasteiger partial charge on any atom is -0.481 e. The average Bonchev–Trinajstić information content (AvgIpc) is 3.24. The molecule has 0 aliphatic carbocycles. The lowest BCUT2D eigenvalue weighted by molar-refractivity contribution is -0.136. The summed E-state index contributed by atoms with van der Waals surface area (Å²) in [4.78, 5) is 13.3. The Bertz CT molecular complexity index is 983. The van der Waals surface area contributed by atoms with Gasteiger partial charge < -0.3 is 14.9 Å². The molecule has 0 saturated carbocycles. The second-order valence-electron chi connectivity index (χ2n) is 9.54. The van der Waals surface area contributed by atoms with Gasteiger partial charge >= 0.3 is 5.97 Å². The molecule has 5 nitrogen and oxygen atoms in total. The van der Waals surface area contributed by atoms with E-state index in [-0.39, 0.29) is 31.3 Å². The zero-order valence-corrected chi connectivity index (χ0v) is 20.7. The van der Waals surface area contributed by atoms with Crippen molar-refractivity contribution < 1.29 is 28.5 Å². The van der Waals surface area contributed by atoms with Crippen LogP contribution in [0.25, 0.3) is 0 Å². The molecule has 1 unspecified atom stereocenters. The molecule has 1 aliphatic rings. The Hall–Kier alpha value is -2.35. The van der Waals surface area contributed by atoms with E-state index in [0.29, 0.717) is 29.7 Å². The van der Waals surface area contributed by atoms with Crippen LogP contribution in [0.5, 0.6) is 0 Å². The Morgan fingerprint density at radius 3 is 2.74 bits per heavy atom. The van der Waals surface area contributed by atoms with Gasteiger partial charge in [0.05, 0.1) is 18.8 Å². The quantitative estimate of drug-likeness (QED) is 0.404. The van der Waals surface area contributed by atoms with Gasteiger partial charge in [-0.25, -0.2) is 8.78 Å². The molecule has 1 saturated heterocycles. The number of carboxylic acids is 1. The fraction of sp³-hybridized carbons (Fsp3) is 0.536. The number of halogens is 2. The van der Waals surface area contributed by atoms with Crippen LogP contribution in [0.15, 0.2) is 36.4 Å². The van der Waals surface area contributed by atoms with Crippen LogP contribution in [0.1, 0.15) is 67.4 Å². The summed E-state index contributed by atoms with van der Waals surface area (Å²) in [5.74, 6) is -1.60. The van der Waals surface area contributed by atoms with Crippen LogP contribution in [0, 0.1) is 18.6 Å². The van der Waals surface area contributed by atoms with Crippen molar-refractivity contribution in [3.63, 3.8) is 0 Å². The summed E-state index contributed by atoms with van der Waals surface area (Å²) < 4.78 is 34.6. The second kappa shape index (κ2) is 13.1. The summed E-state index contributed by atoms with van der Waals surface area (Å²) in [6.45, 7) is 5.18.